The normalized spacial score (nSPS) is 11.3. The molecule has 2 rings (SSSR count). The molecule has 0 amide bonds. The van der Waals surface area contributed by atoms with Gasteiger partial charge in [-0.05, 0) is 40.0 Å². The number of hydrogen-bond acceptors (Lipinski definition) is 5. The molecule has 0 aliphatic carbocycles. The van der Waals surface area contributed by atoms with Crippen LogP contribution in [0.15, 0.2) is 10.4 Å². The lowest BCUT2D eigenvalue weighted by Gasteiger charge is -2.11. The van der Waals surface area contributed by atoms with Gasteiger partial charge in [0, 0.05) is 42.5 Å². The van der Waals surface area contributed by atoms with E-state index in [2.05, 4.69) is 44.8 Å². The lowest BCUT2D eigenvalue weighted by Crippen LogP contribution is -2.38. The standard InChI is InChI=1S/C17H27N5S2.HI/c1-12-11-23-15(21-12)7-5-6-9-19-17(18-4)20-10-8-16-22-13(2)14(3)24-16;/h11H,5-10H2,1-4H3,(H2,18,19,20);1H. The van der Waals surface area contributed by atoms with Gasteiger partial charge in [0.25, 0.3) is 0 Å². The van der Waals surface area contributed by atoms with Crippen molar-refractivity contribution >= 4 is 52.6 Å². The monoisotopic (exact) mass is 493 g/mol. The van der Waals surface area contributed by atoms with E-state index in [1.54, 1.807) is 22.7 Å². The first-order valence-corrected chi connectivity index (χ1v) is 10.1. The van der Waals surface area contributed by atoms with E-state index in [4.69, 9.17) is 0 Å². The number of nitrogens with one attached hydrogen (secondary N) is 2. The molecule has 0 saturated carbocycles. The first-order chi connectivity index (χ1) is 11.6. The lowest BCUT2D eigenvalue weighted by atomic mass is 10.2. The molecule has 0 radical (unpaired) electrons. The Morgan fingerprint density at radius 3 is 2.40 bits per heavy atom. The molecule has 0 unspecified atom stereocenters. The third kappa shape index (κ3) is 8.00. The van der Waals surface area contributed by atoms with E-state index in [-0.39, 0.29) is 24.0 Å². The average molecular weight is 493 g/mol. The molecule has 0 saturated heterocycles. The molecule has 2 heterocycles. The third-order valence-corrected chi connectivity index (χ3v) is 5.86. The maximum absolute atomic E-state index is 4.56. The summed E-state index contributed by atoms with van der Waals surface area (Å²) in [6.45, 7) is 8.02. The van der Waals surface area contributed by atoms with Crippen molar-refractivity contribution in [3.63, 3.8) is 0 Å². The lowest BCUT2D eigenvalue weighted by molar-refractivity contribution is 0.691. The Morgan fingerprint density at radius 1 is 1.04 bits per heavy atom. The van der Waals surface area contributed by atoms with Crippen molar-refractivity contribution in [1.29, 1.82) is 0 Å². The molecule has 0 atom stereocenters. The van der Waals surface area contributed by atoms with Crippen LogP contribution < -0.4 is 10.6 Å². The van der Waals surface area contributed by atoms with E-state index in [9.17, 15) is 0 Å². The fourth-order valence-corrected chi connectivity index (χ4v) is 4.03. The molecular formula is C17H28IN5S2. The Morgan fingerprint density at radius 2 is 1.80 bits per heavy atom. The van der Waals surface area contributed by atoms with E-state index >= 15 is 0 Å². The Hall–Kier alpha value is -0.740. The summed E-state index contributed by atoms with van der Waals surface area (Å²) >= 11 is 3.54. The molecule has 0 spiro atoms. The van der Waals surface area contributed by atoms with Crippen LogP contribution in [0.25, 0.3) is 0 Å². The number of rotatable bonds is 8. The molecule has 140 valence electrons. The zero-order valence-corrected chi connectivity index (χ0v) is 19.3. The smallest absolute Gasteiger partial charge is 0.190 e. The number of aromatic nitrogens is 2. The van der Waals surface area contributed by atoms with Crippen molar-refractivity contribution in [3.05, 3.63) is 31.7 Å². The first kappa shape index (κ1) is 22.3. The number of thiazole rings is 2. The molecule has 2 N–H and O–H groups in total. The van der Waals surface area contributed by atoms with Crippen LogP contribution in [0.2, 0.25) is 0 Å². The minimum absolute atomic E-state index is 0. The van der Waals surface area contributed by atoms with Crippen molar-refractivity contribution in [2.24, 2.45) is 4.99 Å². The highest BCUT2D eigenvalue weighted by molar-refractivity contribution is 14.0. The highest BCUT2D eigenvalue weighted by Crippen LogP contribution is 2.16. The second-order valence-corrected chi connectivity index (χ2v) is 8.00. The van der Waals surface area contributed by atoms with Crippen molar-refractivity contribution in [1.82, 2.24) is 20.6 Å². The number of guanidine groups is 1. The van der Waals surface area contributed by atoms with Crippen LogP contribution in [0, 0.1) is 20.8 Å². The largest absolute Gasteiger partial charge is 0.356 e. The first-order valence-electron chi connectivity index (χ1n) is 8.37. The van der Waals surface area contributed by atoms with Gasteiger partial charge in [-0.2, -0.15) is 0 Å². The molecule has 5 nitrogen and oxygen atoms in total. The van der Waals surface area contributed by atoms with Gasteiger partial charge < -0.3 is 10.6 Å². The average Bonchev–Trinajstić information content (AvgIpc) is 3.11. The van der Waals surface area contributed by atoms with E-state index in [1.807, 2.05) is 14.0 Å². The van der Waals surface area contributed by atoms with Crippen LogP contribution in [0.5, 0.6) is 0 Å². The maximum Gasteiger partial charge on any atom is 0.190 e. The van der Waals surface area contributed by atoms with Crippen molar-refractivity contribution in [2.45, 2.75) is 46.5 Å². The molecule has 2 aromatic heterocycles. The Bertz CT molecular complexity index is 646. The second kappa shape index (κ2) is 11.8. The summed E-state index contributed by atoms with van der Waals surface area (Å²) in [6.07, 6.45) is 4.26. The Labute approximate surface area is 175 Å². The zero-order valence-electron chi connectivity index (χ0n) is 15.4. The van der Waals surface area contributed by atoms with Gasteiger partial charge in [0.1, 0.15) is 0 Å². The SMILES string of the molecule is CN=C(NCCCCc1nc(C)cs1)NCCc1nc(C)c(C)s1.I. The van der Waals surface area contributed by atoms with Gasteiger partial charge in [0.05, 0.1) is 15.7 Å². The highest BCUT2D eigenvalue weighted by Gasteiger charge is 2.04. The molecule has 0 aromatic carbocycles. The highest BCUT2D eigenvalue weighted by atomic mass is 127. The summed E-state index contributed by atoms with van der Waals surface area (Å²) in [5.41, 5.74) is 2.27. The summed E-state index contributed by atoms with van der Waals surface area (Å²) in [7, 11) is 1.81. The van der Waals surface area contributed by atoms with Crippen LogP contribution in [-0.2, 0) is 12.8 Å². The molecule has 0 fully saturated rings. The number of unbranched alkanes of at least 4 members (excludes halogenated alkanes) is 1. The van der Waals surface area contributed by atoms with Crippen LogP contribution in [0.3, 0.4) is 0 Å². The van der Waals surface area contributed by atoms with Gasteiger partial charge in [-0.3, -0.25) is 4.99 Å². The Balaban J connectivity index is 0.00000312. The van der Waals surface area contributed by atoms with Gasteiger partial charge in [-0.25, -0.2) is 9.97 Å². The number of aliphatic imine (C=N–C) groups is 1. The quantitative estimate of drug-likeness (QED) is 0.254. The third-order valence-electron chi connectivity index (χ3n) is 3.70. The molecule has 2 aromatic rings. The zero-order chi connectivity index (χ0) is 17.4. The fourth-order valence-electron chi connectivity index (χ4n) is 2.28. The topological polar surface area (TPSA) is 62.2 Å². The van der Waals surface area contributed by atoms with Gasteiger partial charge in [-0.15, -0.1) is 46.7 Å². The number of aryl methyl sites for hydroxylation is 4. The minimum Gasteiger partial charge on any atom is -0.356 e. The molecular weight excluding hydrogens is 465 g/mol. The van der Waals surface area contributed by atoms with Gasteiger partial charge in [0.2, 0.25) is 0 Å². The molecule has 25 heavy (non-hydrogen) atoms. The van der Waals surface area contributed by atoms with Crippen molar-refractivity contribution < 1.29 is 0 Å². The van der Waals surface area contributed by atoms with E-state index in [1.165, 1.54) is 14.9 Å². The molecule has 8 heteroatoms. The van der Waals surface area contributed by atoms with Crippen LogP contribution in [0.4, 0.5) is 0 Å². The van der Waals surface area contributed by atoms with Crippen molar-refractivity contribution in [3.8, 4) is 0 Å². The van der Waals surface area contributed by atoms with Crippen LogP contribution >= 0.6 is 46.7 Å². The second-order valence-electron chi connectivity index (χ2n) is 5.76. The molecule has 0 aliphatic rings. The molecule has 0 aliphatic heterocycles. The van der Waals surface area contributed by atoms with Crippen LogP contribution in [0.1, 0.15) is 39.1 Å². The van der Waals surface area contributed by atoms with Gasteiger partial charge >= 0.3 is 0 Å². The number of hydrogen-bond donors (Lipinski definition) is 2. The Kier molecular flexibility index (Phi) is 10.5. The molecule has 0 bridgehead atoms. The minimum atomic E-state index is 0. The summed E-state index contributed by atoms with van der Waals surface area (Å²) < 4.78 is 0. The predicted octanol–water partition coefficient (Wildman–Crippen LogP) is 3.87. The summed E-state index contributed by atoms with van der Waals surface area (Å²) in [6, 6.07) is 0. The predicted molar refractivity (Wildman–Crippen MR) is 120 cm³/mol. The van der Waals surface area contributed by atoms with Gasteiger partial charge in [0.15, 0.2) is 5.96 Å². The van der Waals surface area contributed by atoms with Crippen molar-refractivity contribution in [2.75, 3.05) is 20.1 Å². The fraction of sp³-hybridized carbons (Fsp3) is 0.588. The van der Waals surface area contributed by atoms with Crippen LogP contribution in [-0.4, -0.2) is 36.1 Å². The summed E-state index contributed by atoms with van der Waals surface area (Å²) in [4.78, 5) is 14.6. The number of nitrogens with zero attached hydrogens (tertiary/aromatic N) is 3. The summed E-state index contributed by atoms with van der Waals surface area (Å²) in [5.74, 6) is 0.866. The van der Waals surface area contributed by atoms with E-state index in [0.29, 0.717) is 0 Å². The van der Waals surface area contributed by atoms with E-state index < -0.39 is 0 Å². The maximum atomic E-state index is 4.56. The summed E-state index contributed by atoms with van der Waals surface area (Å²) in [5, 5.41) is 11.3. The van der Waals surface area contributed by atoms with E-state index in [0.717, 1.165) is 56.1 Å². The van der Waals surface area contributed by atoms with Gasteiger partial charge in [-0.1, -0.05) is 0 Å². The number of halogens is 1.